The Balaban J connectivity index is 1.98. The van der Waals surface area contributed by atoms with Crippen LogP contribution in [0.3, 0.4) is 0 Å². The predicted octanol–water partition coefficient (Wildman–Crippen LogP) is 3.68. The standard InChI is InChI=1S/C20H22N2O3S/c1-24-15-8-9-17-16(11-15)18(19(26-17)20(23)25-2)22-14(12-21)10-13-6-4-3-5-7-13/h3-9,11,14,22H,10,12,21H2,1-2H3/t14-/m0/s1. The topological polar surface area (TPSA) is 73.6 Å². The Morgan fingerprint density at radius 1 is 1.19 bits per heavy atom. The van der Waals surface area contributed by atoms with Crippen molar-refractivity contribution in [1.82, 2.24) is 0 Å². The molecule has 26 heavy (non-hydrogen) atoms. The zero-order valence-electron chi connectivity index (χ0n) is 14.8. The minimum absolute atomic E-state index is 0.00944. The number of anilines is 1. The number of methoxy groups -OCH3 is 2. The Bertz CT molecular complexity index is 893. The van der Waals surface area contributed by atoms with Crippen molar-refractivity contribution in [3.63, 3.8) is 0 Å². The smallest absolute Gasteiger partial charge is 0.350 e. The molecule has 0 radical (unpaired) electrons. The molecule has 0 saturated carbocycles. The number of esters is 1. The number of nitrogens with one attached hydrogen (secondary N) is 1. The minimum atomic E-state index is -0.358. The van der Waals surface area contributed by atoms with Crippen LogP contribution in [0.4, 0.5) is 5.69 Å². The van der Waals surface area contributed by atoms with E-state index in [0.29, 0.717) is 11.4 Å². The maximum atomic E-state index is 12.3. The van der Waals surface area contributed by atoms with Crippen LogP contribution >= 0.6 is 11.3 Å². The van der Waals surface area contributed by atoms with Crippen LogP contribution in [0.2, 0.25) is 0 Å². The lowest BCUT2D eigenvalue weighted by Gasteiger charge is -2.19. The molecule has 0 bridgehead atoms. The van der Waals surface area contributed by atoms with Crippen molar-refractivity contribution in [2.45, 2.75) is 12.5 Å². The van der Waals surface area contributed by atoms with E-state index < -0.39 is 0 Å². The van der Waals surface area contributed by atoms with Crippen molar-refractivity contribution in [1.29, 1.82) is 0 Å². The third-order valence-corrected chi connectivity index (χ3v) is 5.37. The average molecular weight is 370 g/mol. The minimum Gasteiger partial charge on any atom is -0.497 e. The van der Waals surface area contributed by atoms with Gasteiger partial charge in [0.25, 0.3) is 0 Å². The number of hydrogen-bond acceptors (Lipinski definition) is 6. The Morgan fingerprint density at radius 2 is 1.96 bits per heavy atom. The SMILES string of the molecule is COC(=O)c1sc2ccc(OC)cc2c1N[C@H](CN)Cc1ccccc1. The van der Waals surface area contributed by atoms with Gasteiger partial charge in [-0.05, 0) is 30.2 Å². The van der Waals surface area contributed by atoms with Crippen LogP contribution in [0.1, 0.15) is 15.2 Å². The highest BCUT2D eigenvalue weighted by molar-refractivity contribution is 7.21. The number of carbonyl (C=O) groups excluding carboxylic acids is 1. The van der Waals surface area contributed by atoms with Gasteiger partial charge in [-0.1, -0.05) is 30.3 Å². The molecule has 0 aliphatic heterocycles. The normalized spacial score (nSPS) is 12.0. The van der Waals surface area contributed by atoms with Crippen LogP contribution in [0.25, 0.3) is 10.1 Å². The fourth-order valence-electron chi connectivity index (χ4n) is 2.88. The molecule has 5 nitrogen and oxygen atoms in total. The van der Waals surface area contributed by atoms with Crippen molar-refractivity contribution in [3.8, 4) is 5.75 Å². The summed E-state index contributed by atoms with van der Waals surface area (Å²) in [4.78, 5) is 12.8. The Kier molecular flexibility index (Phi) is 5.75. The molecule has 0 fully saturated rings. The van der Waals surface area contributed by atoms with E-state index in [1.807, 2.05) is 36.4 Å². The zero-order chi connectivity index (χ0) is 18.5. The summed E-state index contributed by atoms with van der Waals surface area (Å²) in [6.07, 6.45) is 0.763. The van der Waals surface area contributed by atoms with Crippen molar-refractivity contribution in [2.75, 3.05) is 26.1 Å². The molecule has 1 atom stereocenters. The number of hydrogen-bond donors (Lipinski definition) is 2. The molecule has 1 aromatic heterocycles. The van der Waals surface area contributed by atoms with Crippen LogP contribution in [0.5, 0.6) is 5.75 Å². The van der Waals surface area contributed by atoms with Gasteiger partial charge in [-0.15, -0.1) is 11.3 Å². The molecule has 0 saturated heterocycles. The maximum absolute atomic E-state index is 12.3. The first-order chi connectivity index (χ1) is 12.7. The molecular weight excluding hydrogens is 348 g/mol. The van der Waals surface area contributed by atoms with Gasteiger partial charge >= 0.3 is 5.97 Å². The van der Waals surface area contributed by atoms with E-state index in [1.165, 1.54) is 24.0 Å². The van der Waals surface area contributed by atoms with Gasteiger partial charge in [0, 0.05) is 22.7 Å². The first-order valence-electron chi connectivity index (χ1n) is 8.35. The van der Waals surface area contributed by atoms with Crippen LogP contribution in [0, 0.1) is 0 Å². The Labute approximate surface area is 156 Å². The fourth-order valence-corrected chi connectivity index (χ4v) is 3.94. The fraction of sp³-hybridized carbons (Fsp3) is 0.250. The van der Waals surface area contributed by atoms with Gasteiger partial charge in [0.1, 0.15) is 10.6 Å². The van der Waals surface area contributed by atoms with E-state index in [1.54, 1.807) is 7.11 Å². The second-order valence-corrected chi connectivity index (χ2v) is 6.98. The van der Waals surface area contributed by atoms with E-state index in [9.17, 15) is 4.79 Å². The van der Waals surface area contributed by atoms with Crippen molar-refractivity contribution < 1.29 is 14.3 Å². The third-order valence-electron chi connectivity index (χ3n) is 4.22. The van der Waals surface area contributed by atoms with E-state index in [2.05, 4.69) is 17.4 Å². The van der Waals surface area contributed by atoms with Crippen LogP contribution in [-0.2, 0) is 11.2 Å². The molecule has 0 aliphatic carbocycles. The lowest BCUT2D eigenvalue weighted by Crippen LogP contribution is -2.31. The monoisotopic (exact) mass is 370 g/mol. The highest BCUT2D eigenvalue weighted by Crippen LogP contribution is 2.38. The van der Waals surface area contributed by atoms with Crippen molar-refractivity contribution in [3.05, 3.63) is 59.0 Å². The number of fused-ring (bicyclic) bond motifs is 1. The van der Waals surface area contributed by atoms with E-state index >= 15 is 0 Å². The predicted molar refractivity (Wildman–Crippen MR) is 106 cm³/mol. The Hall–Kier alpha value is -2.57. The largest absolute Gasteiger partial charge is 0.497 e. The summed E-state index contributed by atoms with van der Waals surface area (Å²) in [7, 11) is 3.02. The second kappa shape index (κ2) is 8.21. The van der Waals surface area contributed by atoms with Gasteiger partial charge in [-0.3, -0.25) is 0 Å². The van der Waals surface area contributed by atoms with Crippen LogP contribution < -0.4 is 15.8 Å². The van der Waals surface area contributed by atoms with Gasteiger partial charge in [0.15, 0.2) is 0 Å². The molecule has 3 aromatic rings. The molecule has 3 N–H and O–H groups in total. The van der Waals surface area contributed by atoms with Gasteiger partial charge < -0.3 is 20.5 Å². The summed E-state index contributed by atoms with van der Waals surface area (Å²) in [5, 5.41) is 4.40. The van der Waals surface area contributed by atoms with E-state index in [0.717, 1.165) is 27.9 Å². The highest BCUT2D eigenvalue weighted by Gasteiger charge is 2.22. The van der Waals surface area contributed by atoms with Crippen molar-refractivity contribution in [2.24, 2.45) is 5.73 Å². The quantitative estimate of drug-likeness (QED) is 0.621. The van der Waals surface area contributed by atoms with Gasteiger partial charge in [0.05, 0.1) is 19.9 Å². The lowest BCUT2D eigenvalue weighted by molar-refractivity contribution is 0.0607. The summed E-state index contributed by atoms with van der Waals surface area (Å²) in [6, 6.07) is 15.9. The molecular formula is C20H22N2O3S. The molecule has 0 amide bonds. The summed E-state index contributed by atoms with van der Waals surface area (Å²) in [5.41, 5.74) is 7.94. The van der Waals surface area contributed by atoms with E-state index in [4.69, 9.17) is 15.2 Å². The zero-order valence-corrected chi connectivity index (χ0v) is 15.6. The maximum Gasteiger partial charge on any atom is 0.350 e. The first kappa shape index (κ1) is 18.2. The third kappa shape index (κ3) is 3.81. The molecule has 0 spiro atoms. The van der Waals surface area contributed by atoms with Gasteiger partial charge in [0.2, 0.25) is 0 Å². The Morgan fingerprint density at radius 3 is 2.62 bits per heavy atom. The molecule has 0 unspecified atom stereocenters. The number of thiophene rings is 1. The van der Waals surface area contributed by atoms with Gasteiger partial charge in [-0.2, -0.15) is 0 Å². The second-order valence-electron chi connectivity index (χ2n) is 5.93. The van der Waals surface area contributed by atoms with Gasteiger partial charge in [-0.25, -0.2) is 4.79 Å². The molecule has 6 heteroatoms. The van der Waals surface area contributed by atoms with Crippen molar-refractivity contribution >= 4 is 33.1 Å². The molecule has 3 rings (SSSR count). The molecule has 2 aromatic carbocycles. The number of rotatable bonds is 7. The summed E-state index contributed by atoms with van der Waals surface area (Å²) < 4.78 is 11.3. The molecule has 0 aliphatic rings. The number of ether oxygens (including phenoxy) is 2. The molecule has 136 valence electrons. The lowest BCUT2D eigenvalue weighted by atomic mass is 10.1. The number of carbonyl (C=O) groups is 1. The van der Waals surface area contributed by atoms with Crippen LogP contribution in [0.15, 0.2) is 48.5 Å². The van der Waals surface area contributed by atoms with Crippen LogP contribution in [-0.4, -0.2) is 32.8 Å². The number of benzene rings is 2. The molecule has 1 heterocycles. The first-order valence-corrected chi connectivity index (χ1v) is 9.17. The average Bonchev–Trinajstić information content (AvgIpc) is 3.05. The van der Waals surface area contributed by atoms with E-state index in [-0.39, 0.29) is 12.0 Å². The number of nitrogens with two attached hydrogens (primary N) is 1. The summed E-state index contributed by atoms with van der Waals surface area (Å²) in [6.45, 7) is 0.441. The summed E-state index contributed by atoms with van der Waals surface area (Å²) >= 11 is 1.40. The summed E-state index contributed by atoms with van der Waals surface area (Å²) in [5.74, 6) is 0.380. The highest BCUT2D eigenvalue weighted by atomic mass is 32.1.